The van der Waals surface area contributed by atoms with Crippen molar-refractivity contribution in [2.75, 3.05) is 16.0 Å². The number of carbonyl (C=O) groups excluding carboxylic acids is 2. The Morgan fingerprint density at radius 3 is 1.84 bits per heavy atom. The number of hydrogen-bond donors (Lipinski definition) is 3. The number of nitrogens with zero attached hydrogens (tertiary/aromatic N) is 1. The first-order chi connectivity index (χ1) is 15.1. The first-order valence-corrected chi connectivity index (χ1v) is 9.66. The van der Waals surface area contributed by atoms with E-state index in [1.807, 2.05) is 48.5 Å². The molecule has 0 aliphatic heterocycles. The molecule has 7 heteroatoms. The highest BCUT2D eigenvalue weighted by atomic mass is 16.5. The lowest BCUT2D eigenvalue weighted by molar-refractivity contribution is 0.102. The first-order valence-electron chi connectivity index (χ1n) is 9.66. The highest BCUT2D eigenvalue weighted by Crippen LogP contribution is 2.26. The van der Waals surface area contributed by atoms with Crippen molar-refractivity contribution in [1.29, 1.82) is 0 Å². The van der Waals surface area contributed by atoms with Crippen LogP contribution in [0.5, 0.6) is 0 Å². The van der Waals surface area contributed by atoms with E-state index in [2.05, 4.69) is 21.1 Å². The van der Waals surface area contributed by atoms with Crippen LogP contribution in [0.3, 0.4) is 0 Å². The van der Waals surface area contributed by atoms with Crippen molar-refractivity contribution in [3.8, 4) is 11.3 Å². The molecule has 0 radical (unpaired) electrons. The number of hydrogen-bond acceptors (Lipinski definition) is 4. The summed E-state index contributed by atoms with van der Waals surface area (Å²) in [6, 6.07) is 25.0. The minimum Gasteiger partial charge on any atom is -0.360 e. The quantitative estimate of drug-likeness (QED) is 0.401. The Bertz CT molecular complexity index is 1190. The van der Waals surface area contributed by atoms with Crippen LogP contribution >= 0.6 is 0 Å². The topological polar surface area (TPSA) is 96.3 Å². The number of rotatable bonds is 5. The molecule has 0 aliphatic rings. The molecule has 31 heavy (non-hydrogen) atoms. The third kappa shape index (κ3) is 4.79. The lowest BCUT2D eigenvalue weighted by Crippen LogP contribution is -2.19. The molecule has 3 aromatic carbocycles. The van der Waals surface area contributed by atoms with Crippen LogP contribution in [0.25, 0.3) is 11.3 Å². The number of nitrogens with one attached hydrogen (secondary N) is 3. The Balaban J connectivity index is 1.42. The molecule has 4 aromatic rings. The van der Waals surface area contributed by atoms with Crippen molar-refractivity contribution in [3.05, 3.63) is 96.3 Å². The minimum absolute atomic E-state index is 0.319. The third-order valence-electron chi connectivity index (χ3n) is 4.57. The molecule has 0 saturated carbocycles. The Labute approximate surface area is 179 Å². The van der Waals surface area contributed by atoms with Gasteiger partial charge in [-0.25, -0.2) is 4.79 Å². The number of aryl methyl sites for hydroxylation is 1. The number of amides is 3. The third-order valence-corrected chi connectivity index (χ3v) is 4.57. The fraction of sp³-hybridized carbons (Fsp3) is 0.0417. The van der Waals surface area contributed by atoms with Crippen LogP contribution in [-0.4, -0.2) is 17.1 Å². The summed E-state index contributed by atoms with van der Waals surface area (Å²) < 4.78 is 5.26. The summed E-state index contributed by atoms with van der Waals surface area (Å²) >= 11 is 0. The molecule has 0 saturated heterocycles. The van der Waals surface area contributed by atoms with Gasteiger partial charge in [0.2, 0.25) is 0 Å². The monoisotopic (exact) mass is 412 g/mol. The van der Waals surface area contributed by atoms with Crippen LogP contribution in [0, 0.1) is 6.92 Å². The van der Waals surface area contributed by atoms with E-state index in [-0.39, 0.29) is 11.9 Å². The van der Waals surface area contributed by atoms with E-state index in [0.29, 0.717) is 34.1 Å². The Morgan fingerprint density at radius 1 is 0.710 bits per heavy atom. The van der Waals surface area contributed by atoms with Crippen LogP contribution in [0.15, 0.2) is 89.5 Å². The van der Waals surface area contributed by atoms with Gasteiger partial charge in [0, 0.05) is 22.6 Å². The fourth-order valence-electron chi connectivity index (χ4n) is 3.08. The van der Waals surface area contributed by atoms with Gasteiger partial charge in [-0.2, -0.15) is 0 Å². The summed E-state index contributed by atoms with van der Waals surface area (Å²) in [6.45, 7) is 1.70. The maximum Gasteiger partial charge on any atom is 0.323 e. The van der Waals surface area contributed by atoms with Crippen LogP contribution < -0.4 is 16.0 Å². The van der Waals surface area contributed by atoms with E-state index in [0.717, 1.165) is 5.56 Å². The summed E-state index contributed by atoms with van der Waals surface area (Å²) in [5.41, 5.74) is 3.55. The zero-order chi connectivity index (χ0) is 21.6. The fourth-order valence-corrected chi connectivity index (χ4v) is 3.08. The van der Waals surface area contributed by atoms with E-state index in [1.54, 1.807) is 43.3 Å². The number of para-hydroxylation sites is 1. The van der Waals surface area contributed by atoms with E-state index < -0.39 is 0 Å². The molecule has 0 spiro atoms. The normalized spacial score (nSPS) is 10.4. The van der Waals surface area contributed by atoms with E-state index in [1.165, 1.54) is 0 Å². The number of carbonyl (C=O) groups is 2. The summed E-state index contributed by atoms with van der Waals surface area (Å²) in [6.07, 6.45) is 0. The van der Waals surface area contributed by atoms with Gasteiger partial charge in [0.15, 0.2) is 0 Å². The second-order valence-corrected chi connectivity index (χ2v) is 6.81. The van der Waals surface area contributed by atoms with Gasteiger partial charge in [-0.15, -0.1) is 0 Å². The van der Waals surface area contributed by atoms with Crippen molar-refractivity contribution in [2.45, 2.75) is 6.92 Å². The average molecular weight is 412 g/mol. The minimum atomic E-state index is -0.351. The second kappa shape index (κ2) is 8.96. The summed E-state index contributed by atoms with van der Waals surface area (Å²) in [4.78, 5) is 25.0. The number of urea groups is 1. The Kier molecular flexibility index (Phi) is 5.75. The van der Waals surface area contributed by atoms with Gasteiger partial charge in [0.1, 0.15) is 17.0 Å². The van der Waals surface area contributed by atoms with Gasteiger partial charge >= 0.3 is 6.03 Å². The molecular formula is C24H20N4O3. The number of benzene rings is 3. The smallest absolute Gasteiger partial charge is 0.323 e. The summed E-state index contributed by atoms with van der Waals surface area (Å²) in [5.74, 6) is 0.118. The molecule has 0 bridgehead atoms. The van der Waals surface area contributed by atoms with E-state index >= 15 is 0 Å². The molecule has 0 fully saturated rings. The zero-order valence-corrected chi connectivity index (χ0v) is 16.8. The lowest BCUT2D eigenvalue weighted by atomic mass is 10.1. The Hall–Kier alpha value is -4.39. The van der Waals surface area contributed by atoms with Gasteiger partial charge in [-0.1, -0.05) is 53.7 Å². The van der Waals surface area contributed by atoms with Gasteiger partial charge in [-0.05, 0) is 43.3 Å². The van der Waals surface area contributed by atoms with Crippen molar-refractivity contribution >= 4 is 29.0 Å². The Morgan fingerprint density at radius 2 is 1.23 bits per heavy atom. The van der Waals surface area contributed by atoms with Crippen molar-refractivity contribution < 1.29 is 14.1 Å². The van der Waals surface area contributed by atoms with E-state index in [4.69, 9.17) is 4.52 Å². The number of aromatic nitrogens is 1. The van der Waals surface area contributed by atoms with Crippen LogP contribution in [0.1, 0.15) is 16.1 Å². The highest BCUT2D eigenvalue weighted by molar-refractivity contribution is 6.09. The van der Waals surface area contributed by atoms with Crippen molar-refractivity contribution in [1.82, 2.24) is 5.16 Å². The SMILES string of the molecule is Cc1onc(-c2ccccc2)c1C(=O)Nc1ccc(NC(=O)Nc2ccccc2)cc1. The molecule has 3 N–H and O–H groups in total. The van der Waals surface area contributed by atoms with Crippen LogP contribution in [-0.2, 0) is 0 Å². The molecule has 0 unspecified atom stereocenters. The maximum absolute atomic E-state index is 12.9. The first kappa shape index (κ1) is 19.9. The molecule has 1 heterocycles. The molecule has 154 valence electrons. The van der Waals surface area contributed by atoms with Crippen LogP contribution in [0.2, 0.25) is 0 Å². The van der Waals surface area contributed by atoms with Gasteiger partial charge in [-0.3, -0.25) is 4.79 Å². The van der Waals surface area contributed by atoms with Gasteiger partial charge < -0.3 is 20.5 Å². The predicted molar refractivity (Wildman–Crippen MR) is 120 cm³/mol. The molecule has 4 rings (SSSR count). The predicted octanol–water partition coefficient (Wildman–Crippen LogP) is 5.55. The lowest BCUT2D eigenvalue weighted by Gasteiger charge is -2.09. The maximum atomic E-state index is 12.9. The molecule has 0 atom stereocenters. The molecule has 7 nitrogen and oxygen atoms in total. The van der Waals surface area contributed by atoms with Crippen LogP contribution in [0.4, 0.5) is 21.9 Å². The molecule has 1 aromatic heterocycles. The summed E-state index contributed by atoms with van der Waals surface area (Å²) in [5, 5.41) is 12.4. The van der Waals surface area contributed by atoms with Gasteiger partial charge in [0.05, 0.1) is 0 Å². The number of anilines is 3. The largest absolute Gasteiger partial charge is 0.360 e. The molecular weight excluding hydrogens is 392 g/mol. The van der Waals surface area contributed by atoms with Crippen molar-refractivity contribution in [2.24, 2.45) is 0 Å². The summed E-state index contributed by atoms with van der Waals surface area (Å²) in [7, 11) is 0. The average Bonchev–Trinajstić information content (AvgIpc) is 3.18. The zero-order valence-electron chi connectivity index (χ0n) is 16.8. The van der Waals surface area contributed by atoms with Gasteiger partial charge in [0.25, 0.3) is 5.91 Å². The second-order valence-electron chi connectivity index (χ2n) is 6.81. The van der Waals surface area contributed by atoms with E-state index in [9.17, 15) is 9.59 Å². The standard InChI is InChI=1S/C24H20N4O3/c1-16-21(22(28-31-16)17-8-4-2-5-9-17)23(29)25-19-12-14-20(15-13-19)27-24(30)26-18-10-6-3-7-11-18/h2-15H,1H3,(H,25,29)(H2,26,27,30). The highest BCUT2D eigenvalue weighted by Gasteiger charge is 2.21. The molecule has 0 aliphatic carbocycles. The van der Waals surface area contributed by atoms with Crippen molar-refractivity contribution in [3.63, 3.8) is 0 Å². The molecule has 3 amide bonds.